The van der Waals surface area contributed by atoms with E-state index >= 15 is 0 Å². The number of carboxylic acid groups (broad SMARTS) is 1. The van der Waals surface area contributed by atoms with Crippen LogP contribution in [-0.4, -0.2) is 83.7 Å². The number of imidazole rings is 1. The summed E-state index contributed by atoms with van der Waals surface area (Å²) < 4.78 is 12.5. The quantitative estimate of drug-likeness (QED) is 0.327. The van der Waals surface area contributed by atoms with Crippen LogP contribution >= 0.6 is 11.8 Å². The van der Waals surface area contributed by atoms with E-state index in [2.05, 4.69) is 20.3 Å². The SMILES string of the molecule is Nc1ncnc2c1ncn2[C@@H]1O[C@H](C(=O)O)[C@@H](NC(=O)[C@H](N)CSC2CCCCO2)[C@H]1O. The molecule has 2 aliphatic heterocycles. The zero-order valence-corrected chi connectivity index (χ0v) is 17.9. The van der Waals surface area contributed by atoms with Crippen molar-refractivity contribution in [2.75, 3.05) is 18.1 Å². The zero-order chi connectivity index (χ0) is 22.8. The number of aliphatic hydroxyl groups excluding tert-OH is 1. The van der Waals surface area contributed by atoms with Gasteiger partial charge in [-0.2, -0.15) is 0 Å². The van der Waals surface area contributed by atoms with Crippen molar-refractivity contribution in [2.24, 2.45) is 5.73 Å². The molecule has 0 saturated carbocycles. The van der Waals surface area contributed by atoms with Gasteiger partial charge in [0.1, 0.15) is 23.4 Å². The van der Waals surface area contributed by atoms with E-state index in [-0.39, 0.29) is 22.4 Å². The van der Waals surface area contributed by atoms with Gasteiger partial charge in [0.15, 0.2) is 23.8 Å². The highest BCUT2D eigenvalue weighted by Crippen LogP contribution is 2.32. The molecule has 13 nitrogen and oxygen atoms in total. The molecule has 2 aromatic rings. The number of carbonyl (C=O) groups excluding carboxylic acids is 1. The van der Waals surface area contributed by atoms with E-state index in [0.29, 0.717) is 12.4 Å². The van der Waals surface area contributed by atoms with Crippen LogP contribution in [-0.2, 0) is 19.1 Å². The fraction of sp³-hybridized carbons (Fsp3) is 0.611. The van der Waals surface area contributed by atoms with Crippen molar-refractivity contribution >= 4 is 40.6 Å². The molecule has 0 aromatic carbocycles. The van der Waals surface area contributed by atoms with Crippen LogP contribution in [0.2, 0.25) is 0 Å². The van der Waals surface area contributed by atoms with Crippen LogP contribution in [0.25, 0.3) is 11.2 Å². The van der Waals surface area contributed by atoms with Crippen LogP contribution in [0.4, 0.5) is 5.82 Å². The molecule has 0 radical (unpaired) electrons. The van der Waals surface area contributed by atoms with Crippen molar-refractivity contribution in [1.29, 1.82) is 0 Å². The van der Waals surface area contributed by atoms with Gasteiger partial charge < -0.3 is 36.5 Å². The number of fused-ring (bicyclic) bond motifs is 1. The highest BCUT2D eigenvalue weighted by atomic mass is 32.2. The van der Waals surface area contributed by atoms with Crippen molar-refractivity contribution in [1.82, 2.24) is 24.8 Å². The maximum absolute atomic E-state index is 12.6. The number of hydrogen-bond donors (Lipinski definition) is 5. The van der Waals surface area contributed by atoms with Gasteiger partial charge in [-0.3, -0.25) is 9.36 Å². The van der Waals surface area contributed by atoms with Gasteiger partial charge in [0.25, 0.3) is 0 Å². The number of aromatic nitrogens is 4. The predicted octanol–water partition coefficient (Wildman–Crippen LogP) is -1.18. The lowest BCUT2D eigenvalue weighted by molar-refractivity contribution is -0.152. The summed E-state index contributed by atoms with van der Waals surface area (Å²) in [4.78, 5) is 36.4. The third-order valence-corrected chi connectivity index (χ3v) is 6.72. The number of aliphatic carboxylic acids is 1. The standard InChI is InChI=1S/C18H25N7O6S/c19-8(5-32-9-3-1-2-4-30-9)16(27)24-10-12(26)17(31-13(10)18(28)29)25-7-23-11-14(20)21-6-22-15(11)25/h6-10,12-13,17,26H,1-5,19H2,(H,24,27)(H,28,29)(H2,20,21,22)/t8-,9?,10+,12-,13+,17-/m1/s1. The Labute approximate surface area is 186 Å². The molecule has 0 bridgehead atoms. The lowest BCUT2D eigenvalue weighted by atomic mass is 10.1. The van der Waals surface area contributed by atoms with Crippen LogP contribution in [0, 0.1) is 0 Å². The molecule has 2 fully saturated rings. The molecule has 4 heterocycles. The minimum atomic E-state index is -1.50. The number of nitrogen functional groups attached to an aromatic ring is 1. The summed E-state index contributed by atoms with van der Waals surface area (Å²) in [5.74, 6) is -1.50. The number of ether oxygens (including phenoxy) is 2. The van der Waals surface area contributed by atoms with Crippen molar-refractivity contribution in [3.05, 3.63) is 12.7 Å². The molecule has 1 amide bonds. The Bertz CT molecular complexity index is 984. The third kappa shape index (κ3) is 4.49. The first-order valence-electron chi connectivity index (χ1n) is 10.2. The maximum atomic E-state index is 12.6. The molecular formula is C18H25N7O6S. The molecule has 32 heavy (non-hydrogen) atoms. The largest absolute Gasteiger partial charge is 0.479 e. The number of nitrogens with zero attached hydrogens (tertiary/aromatic N) is 4. The number of carbonyl (C=O) groups is 2. The molecule has 4 rings (SSSR count). The Kier molecular flexibility index (Phi) is 6.76. The number of carboxylic acids is 1. The molecule has 174 valence electrons. The van der Waals surface area contributed by atoms with Gasteiger partial charge in [0.2, 0.25) is 5.91 Å². The summed E-state index contributed by atoms with van der Waals surface area (Å²) in [5.41, 5.74) is 12.3. The Morgan fingerprint density at radius 3 is 2.88 bits per heavy atom. The summed E-state index contributed by atoms with van der Waals surface area (Å²) >= 11 is 1.44. The van der Waals surface area contributed by atoms with E-state index < -0.39 is 42.4 Å². The zero-order valence-electron chi connectivity index (χ0n) is 17.0. The minimum Gasteiger partial charge on any atom is -0.479 e. The average Bonchev–Trinajstić information content (AvgIpc) is 3.35. The number of aliphatic hydroxyl groups is 1. The molecule has 2 aliphatic rings. The van der Waals surface area contributed by atoms with E-state index in [1.54, 1.807) is 0 Å². The summed E-state index contributed by atoms with van der Waals surface area (Å²) in [6.45, 7) is 0.686. The topological polar surface area (TPSA) is 201 Å². The number of anilines is 1. The molecule has 7 N–H and O–H groups in total. The van der Waals surface area contributed by atoms with E-state index in [1.807, 2.05) is 0 Å². The van der Waals surface area contributed by atoms with Crippen molar-refractivity contribution in [2.45, 2.75) is 55.2 Å². The van der Waals surface area contributed by atoms with Gasteiger partial charge in [-0.25, -0.2) is 19.7 Å². The molecule has 0 aliphatic carbocycles. The lowest BCUT2D eigenvalue weighted by Gasteiger charge is -2.24. The first-order valence-corrected chi connectivity index (χ1v) is 11.2. The summed E-state index contributed by atoms with van der Waals surface area (Å²) in [6, 6.07) is -2.14. The monoisotopic (exact) mass is 467 g/mol. The van der Waals surface area contributed by atoms with Gasteiger partial charge in [-0.05, 0) is 19.3 Å². The minimum absolute atomic E-state index is 0.0110. The first kappa shape index (κ1) is 22.7. The van der Waals surface area contributed by atoms with Gasteiger partial charge in [-0.15, -0.1) is 11.8 Å². The fourth-order valence-corrected chi connectivity index (χ4v) is 4.83. The fourth-order valence-electron chi connectivity index (χ4n) is 3.73. The van der Waals surface area contributed by atoms with Gasteiger partial charge in [-0.1, -0.05) is 0 Å². The molecule has 14 heteroatoms. The van der Waals surface area contributed by atoms with E-state index in [0.717, 1.165) is 19.3 Å². The number of nitrogens with one attached hydrogen (secondary N) is 1. The number of nitrogens with two attached hydrogens (primary N) is 2. The first-order chi connectivity index (χ1) is 15.4. The summed E-state index contributed by atoms with van der Waals surface area (Å²) in [5, 5.41) is 23.0. The lowest BCUT2D eigenvalue weighted by Crippen LogP contribution is -2.54. The van der Waals surface area contributed by atoms with Crippen molar-refractivity contribution in [3.8, 4) is 0 Å². The highest BCUT2D eigenvalue weighted by Gasteiger charge is 2.49. The molecule has 2 saturated heterocycles. The van der Waals surface area contributed by atoms with Crippen molar-refractivity contribution < 1.29 is 29.3 Å². The van der Waals surface area contributed by atoms with Gasteiger partial charge >= 0.3 is 5.97 Å². The molecular weight excluding hydrogens is 442 g/mol. The number of amides is 1. The molecule has 6 atom stereocenters. The molecule has 2 aromatic heterocycles. The predicted molar refractivity (Wildman–Crippen MR) is 113 cm³/mol. The van der Waals surface area contributed by atoms with Gasteiger partial charge in [0.05, 0.1) is 18.4 Å². The summed E-state index contributed by atoms with van der Waals surface area (Å²) in [7, 11) is 0. The van der Waals surface area contributed by atoms with E-state index in [4.69, 9.17) is 20.9 Å². The van der Waals surface area contributed by atoms with E-state index in [9.17, 15) is 19.8 Å². The van der Waals surface area contributed by atoms with Crippen LogP contribution < -0.4 is 16.8 Å². The smallest absolute Gasteiger partial charge is 0.335 e. The van der Waals surface area contributed by atoms with Gasteiger partial charge in [0, 0.05) is 12.4 Å². The normalized spacial score (nSPS) is 29.1. The van der Waals surface area contributed by atoms with Crippen LogP contribution in [0.1, 0.15) is 25.5 Å². The summed E-state index contributed by atoms with van der Waals surface area (Å²) in [6.07, 6.45) is 1.44. The van der Waals surface area contributed by atoms with Crippen LogP contribution in [0.15, 0.2) is 12.7 Å². The Morgan fingerprint density at radius 2 is 2.16 bits per heavy atom. The highest BCUT2D eigenvalue weighted by molar-refractivity contribution is 7.99. The van der Waals surface area contributed by atoms with Crippen LogP contribution in [0.3, 0.4) is 0 Å². The third-order valence-electron chi connectivity index (χ3n) is 5.42. The second-order valence-corrected chi connectivity index (χ2v) is 8.82. The molecule has 0 spiro atoms. The van der Waals surface area contributed by atoms with Crippen LogP contribution in [0.5, 0.6) is 0 Å². The van der Waals surface area contributed by atoms with E-state index in [1.165, 1.54) is 29.0 Å². The van der Waals surface area contributed by atoms with Crippen molar-refractivity contribution in [3.63, 3.8) is 0 Å². The maximum Gasteiger partial charge on any atom is 0.335 e. The Morgan fingerprint density at radius 1 is 1.34 bits per heavy atom. The number of hydrogen-bond acceptors (Lipinski definition) is 11. The Balaban J connectivity index is 1.45. The second-order valence-electron chi connectivity index (χ2n) is 7.63. The number of rotatable bonds is 7. The number of thioether (sulfide) groups is 1. The second kappa shape index (κ2) is 9.54. The Hall–Kier alpha value is -2.52. The average molecular weight is 468 g/mol. The molecule has 1 unspecified atom stereocenters.